The summed E-state index contributed by atoms with van der Waals surface area (Å²) in [7, 11) is -39.7. The summed E-state index contributed by atoms with van der Waals surface area (Å²) in [6.07, 6.45) is -93.1. The molecule has 0 aromatic rings. The molecule has 21 aliphatic heterocycles. The largest absolute Gasteiger partial charge is 0.397 e. The Hall–Kier alpha value is -2.03. The highest BCUT2D eigenvalue weighted by Crippen LogP contribution is 2.40. The predicted octanol–water partition coefficient (Wildman–Crippen LogP) is -16.4. The summed E-state index contributed by atoms with van der Waals surface area (Å²) in [5, 5.41) is 163. The lowest BCUT2D eigenvalue weighted by molar-refractivity contribution is -0.395. The highest BCUT2D eigenvalue weighted by atomic mass is 32.3. The molecule has 0 aromatic carbocycles. The standard InChI is InChI=1S/C42H70O56S7/c43-15-22(50)36-85-8(1-78-99(57,58)59)29(15)92-37-23(51)16(44)31(10(86-37)3-80-101(63,64)65)94-39-25(53)18(46)33(12(88-39)5-82-103(69,70)71)96-41-27(55)20(48)35(14(90-41)7-84-105(75,76)77)98-42-28(56)21(49)34(13(91-42)6-83-104(72,73)74)97-40-26(54)19(47)32(11(89-40)4-81-102(66,67)68)95-38-24(52)17(45)30(93-36)9(87-38)2-79-100(60,61)62/h8-56H,1-7H2,(H,57,58,59)(H,60,61,62)(H,63,64,65)(H,66,67,68)(H,69,70,71)(H,72,73,74)(H,75,76,77)/t8-,9-,10-,11-,12-,13-,14-,15-,16-,17-,18-,19-,20-,21-,22-,23-,24-,25-,26-,27-,28+,29-,30-,31-,32-,33-,34-,35-,36?,37-,38-,39-,40-,41-,42-/m0/s1. The summed E-state index contributed by atoms with van der Waals surface area (Å²) in [5.74, 6) is 0. The first kappa shape index (κ1) is 88.5. The fourth-order valence-electron chi connectivity index (χ4n) is 11.4. The second-order valence-electron chi connectivity index (χ2n) is 23.4. The molecule has 0 spiro atoms. The minimum Gasteiger partial charge on any atom is -0.387 e. The summed E-state index contributed by atoms with van der Waals surface area (Å²) in [6, 6.07) is 0. The zero-order valence-electron chi connectivity index (χ0n) is 51.7. The Morgan fingerprint density at radius 1 is 0.171 bits per heavy atom. The van der Waals surface area contributed by atoms with E-state index in [4.69, 9.17) is 66.3 Å². The minimum absolute atomic E-state index is 1.65. The molecule has 21 fully saturated rings. The van der Waals surface area contributed by atoms with Gasteiger partial charge in [-0.15, -0.1) is 0 Å². The highest BCUT2D eigenvalue weighted by Gasteiger charge is 2.61. The SMILES string of the molecule is O=S(=O)(O)OC[C@@H]1OC2O[C@@H]3[C@@H](O)[C@H](O)[C@H](O[C@@H]4[C@@H](O)[C@H](O)[C@H](O[C@@H]5[C@@H](O)[C@@H](O)[C@H](O[C@@H]6[C@@H](O)[C@H](O)[C@H](O[C@@H]7[C@@H](O)[C@H](O)[C@H](O[C@@H]8[C@@H](O)[C@H](O)[C@H](O[C@@H]1[C@@H](O)[C@@H]2O)O[C@H]8COS(=O)(=O)O)O[C@H]7COS(=O)(=O)O)O[C@H]6COS(=O)(=O)O)O[C@H]5COS(=O)(=O)O)O[C@H]4COS(=O)(=O)O)O[C@H]3COS(=O)(=O)O. The van der Waals surface area contributed by atoms with E-state index in [1.54, 1.807) is 0 Å². The molecule has 56 nitrogen and oxygen atoms in total. The van der Waals surface area contributed by atoms with Crippen LogP contribution in [0.2, 0.25) is 0 Å². The van der Waals surface area contributed by atoms with E-state index in [1.807, 2.05) is 0 Å². The first-order valence-corrected chi connectivity index (χ1v) is 38.8. The third-order valence-electron chi connectivity index (χ3n) is 16.2. The van der Waals surface area contributed by atoms with E-state index in [0.717, 1.165) is 0 Å². The van der Waals surface area contributed by atoms with Crippen molar-refractivity contribution >= 4 is 72.8 Å². The van der Waals surface area contributed by atoms with Crippen LogP contribution in [-0.2, 0) is 168 Å². The van der Waals surface area contributed by atoms with Gasteiger partial charge in [-0.1, -0.05) is 0 Å². The van der Waals surface area contributed by atoms with Crippen LogP contribution >= 0.6 is 0 Å². The molecule has 14 bridgehead atoms. The maximum Gasteiger partial charge on any atom is 0.397 e. The normalized spacial score (nSPS) is 44.9. The second-order valence-corrected chi connectivity index (χ2v) is 31.0. The molecule has 35 atom stereocenters. The molecule has 63 heteroatoms. The number of hydrogen-bond donors (Lipinski definition) is 21. The molecule has 21 aliphatic rings. The van der Waals surface area contributed by atoms with E-state index < -0.39 is 334 Å². The molecular weight excluding hydrogens is 1620 g/mol. The molecule has 21 rings (SSSR count). The van der Waals surface area contributed by atoms with Crippen LogP contribution in [0.4, 0.5) is 0 Å². The summed E-state index contributed by atoms with van der Waals surface area (Å²) in [6.45, 7) is -11.6. The molecule has 105 heavy (non-hydrogen) atoms. The molecular formula is C42H70O56S7. The Morgan fingerprint density at radius 3 is 0.352 bits per heavy atom. The second kappa shape index (κ2) is 34.7. The lowest BCUT2D eigenvalue weighted by Crippen LogP contribution is -2.68. The Labute approximate surface area is 589 Å². The van der Waals surface area contributed by atoms with Crippen molar-refractivity contribution in [2.24, 2.45) is 0 Å². The molecule has 21 heterocycles. The van der Waals surface area contributed by atoms with Gasteiger partial charge in [0.2, 0.25) is 0 Å². The van der Waals surface area contributed by atoms with Crippen molar-refractivity contribution in [2.75, 3.05) is 46.2 Å². The van der Waals surface area contributed by atoms with Gasteiger partial charge in [-0.3, -0.25) is 31.9 Å². The van der Waals surface area contributed by atoms with Crippen molar-refractivity contribution in [3.63, 3.8) is 0 Å². The summed E-state index contributed by atoms with van der Waals surface area (Å²) in [5.41, 5.74) is 0. The van der Waals surface area contributed by atoms with Crippen LogP contribution in [0.1, 0.15) is 0 Å². The molecule has 0 aromatic heterocycles. The van der Waals surface area contributed by atoms with Crippen LogP contribution in [0.25, 0.3) is 0 Å². The fourth-order valence-corrected chi connectivity index (χ4v) is 13.5. The highest BCUT2D eigenvalue weighted by molar-refractivity contribution is 7.82. The van der Waals surface area contributed by atoms with Gasteiger partial charge in [0.05, 0.1) is 46.2 Å². The van der Waals surface area contributed by atoms with Crippen molar-refractivity contribution in [1.29, 1.82) is 0 Å². The number of aliphatic hydroxyl groups excluding tert-OH is 14. The van der Waals surface area contributed by atoms with Crippen LogP contribution in [0.3, 0.4) is 0 Å². The Morgan fingerprint density at radius 2 is 0.267 bits per heavy atom. The van der Waals surface area contributed by atoms with Gasteiger partial charge in [0.25, 0.3) is 0 Å². The van der Waals surface area contributed by atoms with Crippen LogP contribution in [-0.4, -0.2) is 423 Å². The maximum atomic E-state index is 12.0. The number of hydrogen-bond acceptors (Lipinski definition) is 49. The molecule has 0 radical (unpaired) electrons. The lowest BCUT2D eigenvalue weighted by Gasteiger charge is -2.50. The molecule has 0 amide bonds. The van der Waals surface area contributed by atoms with Gasteiger partial charge < -0.3 is 138 Å². The van der Waals surface area contributed by atoms with Crippen LogP contribution < -0.4 is 0 Å². The first-order chi connectivity index (χ1) is 48.2. The molecule has 21 saturated heterocycles. The first-order valence-electron chi connectivity index (χ1n) is 29.2. The van der Waals surface area contributed by atoms with Crippen molar-refractivity contribution in [2.45, 2.75) is 215 Å². The Kier molecular flexibility index (Phi) is 29.3. The summed E-state index contributed by atoms with van der Waals surface area (Å²) < 4.78 is 343. The van der Waals surface area contributed by atoms with Gasteiger partial charge in [0, 0.05) is 0 Å². The van der Waals surface area contributed by atoms with E-state index in [9.17, 15) is 162 Å². The third kappa shape index (κ3) is 23.6. The monoisotopic (exact) mass is 1690 g/mol. The summed E-state index contributed by atoms with van der Waals surface area (Å²) >= 11 is 0. The average molecular weight is 1700 g/mol. The number of aliphatic hydroxyl groups is 14. The Bertz CT molecular complexity index is 3040. The van der Waals surface area contributed by atoms with E-state index >= 15 is 0 Å². The van der Waals surface area contributed by atoms with Gasteiger partial charge in [-0.25, -0.2) is 29.3 Å². The van der Waals surface area contributed by atoms with E-state index in [2.05, 4.69) is 29.3 Å². The summed E-state index contributed by atoms with van der Waals surface area (Å²) in [4.78, 5) is 0. The molecule has 0 saturated carbocycles. The number of rotatable bonds is 21. The molecule has 21 N–H and O–H groups in total. The smallest absolute Gasteiger partial charge is 0.387 e. The average Bonchev–Trinajstić information content (AvgIpc) is 0.789. The zero-order chi connectivity index (χ0) is 78.5. The molecule has 1 unspecified atom stereocenters. The third-order valence-corrected chi connectivity index (χ3v) is 19.2. The zero-order valence-corrected chi connectivity index (χ0v) is 57.4. The lowest BCUT2D eigenvalue weighted by atomic mass is 9.95. The topological polar surface area (TPSA) is 858 Å². The Balaban J connectivity index is 1.23. The minimum atomic E-state index is -5.67. The van der Waals surface area contributed by atoms with E-state index in [0.29, 0.717) is 0 Å². The van der Waals surface area contributed by atoms with Crippen molar-refractivity contribution < 1.29 is 258 Å². The molecule has 616 valence electrons. The van der Waals surface area contributed by atoms with Crippen molar-refractivity contribution in [3.8, 4) is 0 Å². The van der Waals surface area contributed by atoms with Crippen LogP contribution in [0.15, 0.2) is 0 Å². The quantitative estimate of drug-likeness (QED) is 0.0475. The van der Waals surface area contributed by atoms with Gasteiger partial charge in [-0.05, 0) is 0 Å². The maximum absolute atomic E-state index is 12.0. The van der Waals surface area contributed by atoms with E-state index in [1.165, 1.54) is 0 Å². The van der Waals surface area contributed by atoms with Crippen LogP contribution in [0.5, 0.6) is 0 Å². The fraction of sp³-hybridized carbons (Fsp3) is 1.00. The van der Waals surface area contributed by atoms with Crippen molar-refractivity contribution in [3.05, 3.63) is 0 Å². The molecule has 0 aliphatic carbocycles. The van der Waals surface area contributed by atoms with Crippen molar-refractivity contribution in [1.82, 2.24) is 0 Å². The van der Waals surface area contributed by atoms with Gasteiger partial charge in [0.15, 0.2) is 44.0 Å². The van der Waals surface area contributed by atoms with Gasteiger partial charge in [-0.2, -0.15) is 58.9 Å². The van der Waals surface area contributed by atoms with Gasteiger partial charge in [0.1, 0.15) is 171 Å². The van der Waals surface area contributed by atoms with E-state index in [-0.39, 0.29) is 0 Å². The van der Waals surface area contributed by atoms with Gasteiger partial charge >= 0.3 is 72.8 Å². The predicted molar refractivity (Wildman–Crippen MR) is 301 cm³/mol. The number of ether oxygens (including phenoxy) is 14. The van der Waals surface area contributed by atoms with Crippen LogP contribution in [0, 0.1) is 0 Å².